The molecule has 152 valence electrons. The molecule has 0 unspecified atom stereocenters. The van der Waals surface area contributed by atoms with Gasteiger partial charge >= 0.3 is 0 Å². The fourth-order valence-corrected chi connectivity index (χ4v) is 4.10. The summed E-state index contributed by atoms with van der Waals surface area (Å²) in [6.45, 7) is 4.10. The number of nitrogens with one attached hydrogen (secondary N) is 2. The highest BCUT2D eigenvalue weighted by Gasteiger charge is 2.23. The predicted octanol–water partition coefficient (Wildman–Crippen LogP) is 2.88. The van der Waals surface area contributed by atoms with Crippen molar-refractivity contribution >= 4 is 15.9 Å². The first kappa shape index (κ1) is 21.7. The summed E-state index contributed by atoms with van der Waals surface area (Å²) >= 11 is 0. The molecule has 1 atom stereocenters. The number of carbonyl (C=O) groups is 1. The van der Waals surface area contributed by atoms with Crippen LogP contribution in [0.15, 0.2) is 47.4 Å². The maximum atomic E-state index is 12.9. The Bertz CT molecular complexity index is 911. The zero-order valence-corrected chi connectivity index (χ0v) is 17.3. The van der Waals surface area contributed by atoms with Crippen molar-refractivity contribution < 1.29 is 22.7 Å². The smallest absolute Gasteiger partial charge is 0.255 e. The van der Waals surface area contributed by atoms with Crippen LogP contribution in [0.3, 0.4) is 0 Å². The number of methoxy groups -OCH3 is 2. The lowest BCUT2D eigenvalue weighted by atomic mass is 10.1. The average molecular weight is 407 g/mol. The van der Waals surface area contributed by atoms with Crippen LogP contribution in [0.25, 0.3) is 0 Å². The van der Waals surface area contributed by atoms with Gasteiger partial charge in [-0.3, -0.25) is 4.79 Å². The highest BCUT2D eigenvalue weighted by atomic mass is 32.2. The van der Waals surface area contributed by atoms with E-state index < -0.39 is 22.0 Å². The molecule has 0 fully saturated rings. The van der Waals surface area contributed by atoms with Crippen LogP contribution >= 0.6 is 0 Å². The SMILES string of the molecule is CCNC(=O)c1cc(S(=O)(=O)N[C@H](CC)c2ccc(OC)cc2)ccc1OC. The van der Waals surface area contributed by atoms with Gasteiger partial charge in [-0.25, -0.2) is 13.1 Å². The third kappa shape index (κ3) is 5.02. The number of carbonyl (C=O) groups excluding carboxylic acids is 1. The Kier molecular flexibility index (Phi) is 7.42. The van der Waals surface area contributed by atoms with Gasteiger partial charge in [-0.2, -0.15) is 0 Å². The van der Waals surface area contributed by atoms with Gasteiger partial charge in [0, 0.05) is 12.6 Å². The average Bonchev–Trinajstić information content (AvgIpc) is 2.71. The Hall–Kier alpha value is -2.58. The van der Waals surface area contributed by atoms with Crippen molar-refractivity contribution in [1.82, 2.24) is 10.0 Å². The summed E-state index contributed by atoms with van der Waals surface area (Å²) in [5.74, 6) is 0.619. The van der Waals surface area contributed by atoms with Crippen LogP contribution < -0.4 is 19.5 Å². The molecule has 0 aromatic heterocycles. The molecule has 0 aliphatic carbocycles. The number of benzene rings is 2. The minimum absolute atomic E-state index is 0.00140. The number of sulfonamides is 1. The first-order valence-corrected chi connectivity index (χ1v) is 10.5. The number of ether oxygens (including phenoxy) is 2. The van der Waals surface area contributed by atoms with Crippen LogP contribution in [0.1, 0.15) is 42.2 Å². The van der Waals surface area contributed by atoms with Gasteiger partial charge in [0.05, 0.1) is 24.7 Å². The quantitative estimate of drug-likeness (QED) is 0.668. The van der Waals surface area contributed by atoms with Gasteiger partial charge in [-0.05, 0) is 49.2 Å². The molecule has 7 nitrogen and oxygen atoms in total. The molecule has 0 spiro atoms. The van der Waals surface area contributed by atoms with Gasteiger partial charge in [0.1, 0.15) is 11.5 Å². The highest BCUT2D eigenvalue weighted by Crippen LogP contribution is 2.26. The van der Waals surface area contributed by atoms with E-state index in [0.29, 0.717) is 24.5 Å². The summed E-state index contributed by atoms with van der Waals surface area (Å²) < 4.78 is 38.9. The molecule has 0 aliphatic rings. The van der Waals surface area contributed by atoms with E-state index in [4.69, 9.17) is 9.47 Å². The van der Waals surface area contributed by atoms with Crippen molar-refractivity contribution in [3.8, 4) is 11.5 Å². The largest absolute Gasteiger partial charge is 0.497 e. The summed E-state index contributed by atoms with van der Waals surface area (Å²) in [4.78, 5) is 12.2. The van der Waals surface area contributed by atoms with Crippen molar-refractivity contribution in [2.75, 3.05) is 20.8 Å². The normalized spacial score (nSPS) is 12.3. The predicted molar refractivity (Wildman–Crippen MR) is 107 cm³/mol. The van der Waals surface area contributed by atoms with Gasteiger partial charge in [0.2, 0.25) is 10.0 Å². The zero-order valence-electron chi connectivity index (χ0n) is 16.5. The Morgan fingerprint density at radius 1 is 1.04 bits per heavy atom. The molecule has 2 aromatic rings. The van der Waals surface area contributed by atoms with Crippen molar-refractivity contribution in [2.24, 2.45) is 0 Å². The van der Waals surface area contributed by atoms with E-state index in [1.165, 1.54) is 25.3 Å². The second-order valence-corrected chi connectivity index (χ2v) is 7.79. The summed E-state index contributed by atoms with van der Waals surface area (Å²) in [6, 6.07) is 11.0. The van der Waals surface area contributed by atoms with E-state index >= 15 is 0 Å². The molecular formula is C20H26N2O5S. The summed E-state index contributed by atoms with van der Waals surface area (Å²) in [5, 5.41) is 2.66. The molecule has 2 rings (SSSR count). The molecule has 0 bridgehead atoms. The van der Waals surface area contributed by atoms with Crippen LogP contribution in [0.2, 0.25) is 0 Å². The monoisotopic (exact) mass is 406 g/mol. The summed E-state index contributed by atoms with van der Waals surface area (Å²) in [6.07, 6.45) is 0.560. The standard InChI is InChI=1S/C20H26N2O5S/c1-5-18(14-7-9-15(26-3)10-8-14)22-28(24,25)16-11-12-19(27-4)17(13-16)20(23)21-6-2/h7-13,18,22H,5-6H2,1-4H3,(H,21,23)/t18-/m1/s1. The number of hydrogen-bond acceptors (Lipinski definition) is 5. The maximum Gasteiger partial charge on any atom is 0.255 e. The molecule has 0 saturated heterocycles. The molecule has 0 aliphatic heterocycles. The molecule has 2 N–H and O–H groups in total. The van der Waals surface area contributed by atoms with Crippen LogP contribution in [0.4, 0.5) is 0 Å². The molecular weight excluding hydrogens is 380 g/mol. The van der Waals surface area contributed by atoms with Crippen LogP contribution in [-0.4, -0.2) is 35.1 Å². The zero-order chi connectivity index (χ0) is 20.7. The lowest BCUT2D eigenvalue weighted by molar-refractivity contribution is 0.0952. The Labute approximate surface area is 166 Å². The minimum atomic E-state index is -3.85. The second-order valence-electron chi connectivity index (χ2n) is 6.08. The molecule has 0 radical (unpaired) electrons. The van der Waals surface area contributed by atoms with Gasteiger partial charge in [0.25, 0.3) is 5.91 Å². The molecule has 2 aromatic carbocycles. The van der Waals surface area contributed by atoms with E-state index in [1.807, 2.05) is 19.1 Å². The van der Waals surface area contributed by atoms with E-state index in [1.54, 1.807) is 26.2 Å². The minimum Gasteiger partial charge on any atom is -0.497 e. The molecule has 28 heavy (non-hydrogen) atoms. The fourth-order valence-electron chi connectivity index (χ4n) is 2.77. The van der Waals surface area contributed by atoms with E-state index in [2.05, 4.69) is 10.0 Å². The van der Waals surface area contributed by atoms with Gasteiger partial charge in [0.15, 0.2) is 0 Å². The first-order chi connectivity index (χ1) is 13.4. The Balaban J connectivity index is 2.34. The second kappa shape index (κ2) is 9.57. The summed E-state index contributed by atoms with van der Waals surface area (Å²) in [5.41, 5.74) is 0.994. The maximum absolute atomic E-state index is 12.9. The number of hydrogen-bond donors (Lipinski definition) is 2. The third-order valence-electron chi connectivity index (χ3n) is 4.29. The number of rotatable bonds is 9. The van der Waals surface area contributed by atoms with Crippen molar-refractivity contribution in [1.29, 1.82) is 0 Å². The van der Waals surface area contributed by atoms with Crippen LogP contribution in [0.5, 0.6) is 11.5 Å². The molecule has 0 heterocycles. The number of amides is 1. The summed E-state index contributed by atoms with van der Waals surface area (Å²) in [7, 11) is -0.842. The van der Waals surface area contributed by atoms with Gasteiger partial charge < -0.3 is 14.8 Å². The molecule has 1 amide bonds. The topological polar surface area (TPSA) is 93.7 Å². The Morgan fingerprint density at radius 2 is 1.71 bits per heavy atom. The third-order valence-corrected chi connectivity index (χ3v) is 5.76. The molecule has 0 saturated carbocycles. The lowest BCUT2D eigenvalue weighted by Gasteiger charge is -2.18. The Morgan fingerprint density at radius 3 is 2.25 bits per heavy atom. The van der Waals surface area contributed by atoms with Gasteiger partial charge in [-0.15, -0.1) is 0 Å². The van der Waals surface area contributed by atoms with Crippen molar-refractivity contribution in [3.05, 3.63) is 53.6 Å². The van der Waals surface area contributed by atoms with E-state index in [0.717, 1.165) is 5.56 Å². The first-order valence-electron chi connectivity index (χ1n) is 8.98. The van der Waals surface area contributed by atoms with Gasteiger partial charge in [-0.1, -0.05) is 19.1 Å². The van der Waals surface area contributed by atoms with Crippen molar-refractivity contribution in [3.63, 3.8) is 0 Å². The van der Waals surface area contributed by atoms with Crippen LogP contribution in [0, 0.1) is 0 Å². The van der Waals surface area contributed by atoms with Crippen molar-refractivity contribution in [2.45, 2.75) is 31.2 Å². The van der Waals surface area contributed by atoms with E-state index in [9.17, 15) is 13.2 Å². The lowest BCUT2D eigenvalue weighted by Crippen LogP contribution is -2.29. The fraction of sp³-hybridized carbons (Fsp3) is 0.350. The van der Waals surface area contributed by atoms with Crippen LogP contribution in [-0.2, 0) is 10.0 Å². The highest BCUT2D eigenvalue weighted by molar-refractivity contribution is 7.89. The molecule has 8 heteroatoms. The van der Waals surface area contributed by atoms with E-state index in [-0.39, 0.29) is 10.5 Å².